The molecule has 2 aromatic carbocycles. The number of amides is 3. The second kappa shape index (κ2) is 9.50. The van der Waals surface area contributed by atoms with E-state index in [4.69, 9.17) is 14.1 Å². The van der Waals surface area contributed by atoms with Crippen LogP contribution in [0.25, 0.3) is 22.1 Å². The summed E-state index contributed by atoms with van der Waals surface area (Å²) in [4.78, 5) is 49.0. The minimum absolute atomic E-state index is 0.00605. The van der Waals surface area contributed by atoms with E-state index in [1.807, 2.05) is 40.1 Å². The predicted octanol–water partition coefficient (Wildman–Crippen LogP) is 4.16. The molecule has 0 atom stereocenters. The van der Waals surface area contributed by atoms with Gasteiger partial charge in [0.05, 0.1) is 13.4 Å². The van der Waals surface area contributed by atoms with Gasteiger partial charge in [-0.05, 0) is 55.0 Å². The van der Waals surface area contributed by atoms with Crippen molar-refractivity contribution in [3.8, 4) is 11.1 Å². The minimum atomic E-state index is -0.877. The molecule has 3 amide bonds. The number of hydrogen-bond acceptors (Lipinski definition) is 6. The SMILES string of the molecule is COC(=O)N1CCC2(CC1)N=C(c1ccc(-c3ccc4occc4c3)cc1)N(CC1CN(C(=O)C3CC3)C1)C2=O. The number of piperidine rings is 1. The number of likely N-dealkylation sites (tertiary alicyclic amines) is 2. The fourth-order valence-corrected chi connectivity index (χ4v) is 6.23. The van der Waals surface area contributed by atoms with Crippen LogP contribution >= 0.6 is 0 Å². The number of amidine groups is 1. The standard InChI is InChI=1S/C31H32N4O5/c1-39-30(38)33-13-11-31(12-14-33)29(37)35(19-20-17-34(18-20)28(36)23-6-7-23)27(32-31)22-4-2-21(3-5-22)24-8-9-26-25(16-24)10-15-40-26/h2-5,8-10,15-16,20,23H,6-7,11-14,17-19H2,1H3. The first-order chi connectivity index (χ1) is 19.4. The normalized spacial score (nSPS) is 20.7. The van der Waals surface area contributed by atoms with Crippen LogP contribution in [0.2, 0.25) is 0 Å². The number of ether oxygens (including phenoxy) is 1. The highest BCUT2D eigenvalue weighted by Gasteiger charge is 2.51. The third-order valence-electron chi connectivity index (χ3n) is 8.81. The maximum Gasteiger partial charge on any atom is 0.409 e. The number of benzene rings is 2. The van der Waals surface area contributed by atoms with Crippen molar-refractivity contribution in [2.75, 3.05) is 39.8 Å². The van der Waals surface area contributed by atoms with Crippen molar-refractivity contribution in [1.82, 2.24) is 14.7 Å². The monoisotopic (exact) mass is 540 g/mol. The molecule has 3 aliphatic heterocycles. The summed E-state index contributed by atoms with van der Waals surface area (Å²) in [6, 6.07) is 16.2. The van der Waals surface area contributed by atoms with E-state index in [9.17, 15) is 14.4 Å². The van der Waals surface area contributed by atoms with Crippen LogP contribution in [-0.2, 0) is 14.3 Å². The largest absolute Gasteiger partial charge is 0.464 e. The van der Waals surface area contributed by atoms with Gasteiger partial charge in [-0.1, -0.05) is 30.3 Å². The van der Waals surface area contributed by atoms with Crippen molar-refractivity contribution in [2.24, 2.45) is 16.8 Å². The number of fused-ring (bicyclic) bond motifs is 1. The van der Waals surface area contributed by atoms with E-state index in [0.29, 0.717) is 51.4 Å². The Labute approximate surface area is 232 Å². The van der Waals surface area contributed by atoms with Gasteiger partial charge in [-0.2, -0.15) is 0 Å². The first kappa shape index (κ1) is 24.9. The van der Waals surface area contributed by atoms with Gasteiger partial charge < -0.3 is 19.0 Å². The number of hydrogen-bond donors (Lipinski definition) is 0. The predicted molar refractivity (Wildman–Crippen MR) is 149 cm³/mol. The molecule has 40 heavy (non-hydrogen) atoms. The Balaban J connectivity index is 1.14. The molecule has 0 bridgehead atoms. The molecule has 206 valence electrons. The summed E-state index contributed by atoms with van der Waals surface area (Å²) >= 11 is 0. The van der Waals surface area contributed by atoms with Gasteiger partial charge in [-0.15, -0.1) is 0 Å². The molecule has 0 N–H and O–H groups in total. The average molecular weight is 541 g/mol. The summed E-state index contributed by atoms with van der Waals surface area (Å²) < 4.78 is 10.4. The summed E-state index contributed by atoms with van der Waals surface area (Å²) in [5, 5.41) is 1.05. The lowest BCUT2D eigenvalue weighted by Gasteiger charge is -2.42. The summed E-state index contributed by atoms with van der Waals surface area (Å²) in [5.74, 6) is 1.37. The number of methoxy groups -OCH3 is 1. The number of carbonyl (C=O) groups excluding carboxylic acids is 3. The molecule has 9 heteroatoms. The third-order valence-corrected chi connectivity index (χ3v) is 8.81. The third kappa shape index (κ3) is 4.24. The smallest absolute Gasteiger partial charge is 0.409 e. The van der Waals surface area contributed by atoms with E-state index in [-0.39, 0.29) is 29.7 Å². The maximum absolute atomic E-state index is 14.0. The fourth-order valence-electron chi connectivity index (χ4n) is 6.23. The second-order valence-electron chi connectivity index (χ2n) is 11.5. The van der Waals surface area contributed by atoms with Crippen LogP contribution in [0.3, 0.4) is 0 Å². The van der Waals surface area contributed by atoms with E-state index in [1.54, 1.807) is 11.2 Å². The van der Waals surface area contributed by atoms with Gasteiger partial charge in [0.1, 0.15) is 17.0 Å². The van der Waals surface area contributed by atoms with Gasteiger partial charge in [0.25, 0.3) is 5.91 Å². The van der Waals surface area contributed by atoms with Crippen molar-refractivity contribution in [2.45, 2.75) is 31.2 Å². The molecule has 4 heterocycles. The van der Waals surface area contributed by atoms with Gasteiger partial charge in [0.2, 0.25) is 5.91 Å². The topological polar surface area (TPSA) is 95.7 Å². The summed E-state index contributed by atoms with van der Waals surface area (Å²) in [7, 11) is 1.37. The summed E-state index contributed by atoms with van der Waals surface area (Å²) in [6.07, 6.45) is 4.23. The zero-order valence-electron chi connectivity index (χ0n) is 22.5. The lowest BCUT2D eigenvalue weighted by atomic mass is 9.87. The van der Waals surface area contributed by atoms with Gasteiger partial charge >= 0.3 is 6.09 Å². The Kier molecular flexibility index (Phi) is 5.91. The van der Waals surface area contributed by atoms with E-state index < -0.39 is 5.54 Å². The second-order valence-corrected chi connectivity index (χ2v) is 11.5. The van der Waals surface area contributed by atoms with Gasteiger partial charge in [0.15, 0.2) is 0 Å². The molecule has 1 spiro atoms. The van der Waals surface area contributed by atoms with E-state index >= 15 is 0 Å². The zero-order chi connectivity index (χ0) is 27.4. The minimum Gasteiger partial charge on any atom is -0.464 e. The van der Waals surface area contributed by atoms with Gasteiger partial charge in [-0.3, -0.25) is 19.5 Å². The highest BCUT2D eigenvalue weighted by molar-refractivity contribution is 6.15. The van der Waals surface area contributed by atoms with Crippen molar-refractivity contribution >= 4 is 34.7 Å². The van der Waals surface area contributed by atoms with Crippen LogP contribution in [0.4, 0.5) is 4.79 Å². The molecule has 4 aliphatic rings. The van der Waals surface area contributed by atoms with Crippen molar-refractivity contribution < 1.29 is 23.5 Å². The molecule has 2 saturated heterocycles. The Morgan fingerprint density at radius 3 is 2.38 bits per heavy atom. The van der Waals surface area contributed by atoms with E-state index in [1.165, 1.54) is 7.11 Å². The fraction of sp³-hybridized carbons (Fsp3) is 0.419. The molecular weight excluding hydrogens is 508 g/mol. The molecule has 3 fully saturated rings. The number of aliphatic imine (C=N–C) groups is 1. The first-order valence-electron chi connectivity index (χ1n) is 14.1. The maximum atomic E-state index is 14.0. The van der Waals surface area contributed by atoms with Crippen LogP contribution in [-0.4, -0.2) is 83.8 Å². The summed E-state index contributed by atoms with van der Waals surface area (Å²) in [6.45, 7) is 2.75. The average Bonchev–Trinajstić information content (AvgIpc) is 3.66. The van der Waals surface area contributed by atoms with Gasteiger partial charge in [-0.25, -0.2) is 4.79 Å². The molecule has 1 aliphatic carbocycles. The van der Waals surface area contributed by atoms with Crippen molar-refractivity contribution in [3.05, 3.63) is 60.4 Å². The van der Waals surface area contributed by atoms with Crippen LogP contribution in [0, 0.1) is 11.8 Å². The molecule has 0 unspecified atom stereocenters. The van der Waals surface area contributed by atoms with Crippen molar-refractivity contribution in [3.63, 3.8) is 0 Å². The Bertz CT molecular complexity index is 1510. The molecule has 0 radical (unpaired) electrons. The highest BCUT2D eigenvalue weighted by Crippen LogP contribution is 2.38. The van der Waals surface area contributed by atoms with Crippen LogP contribution in [0.15, 0.2) is 64.2 Å². The molecule has 1 saturated carbocycles. The molecule has 9 nitrogen and oxygen atoms in total. The Morgan fingerprint density at radius 2 is 1.68 bits per heavy atom. The number of nitrogens with zero attached hydrogens (tertiary/aromatic N) is 4. The number of carbonyl (C=O) groups is 3. The summed E-state index contributed by atoms with van der Waals surface area (Å²) in [5.41, 5.74) is 3.02. The Hall–Kier alpha value is -4.14. The van der Waals surface area contributed by atoms with Crippen LogP contribution in [0.1, 0.15) is 31.2 Å². The molecular formula is C31H32N4O5. The lowest BCUT2D eigenvalue weighted by Crippen LogP contribution is -2.57. The number of furan rings is 1. The molecule has 3 aromatic rings. The van der Waals surface area contributed by atoms with Crippen LogP contribution < -0.4 is 0 Å². The lowest BCUT2D eigenvalue weighted by molar-refractivity contribution is -0.140. The van der Waals surface area contributed by atoms with E-state index in [2.05, 4.69) is 18.2 Å². The quantitative estimate of drug-likeness (QED) is 0.484. The Morgan fingerprint density at radius 1 is 0.975 bits per heavy atom. The molecule has 1 aromatic heterocycles. The first-order valence-corrected chi connectivity index (χ1v) is 14.1. The van der Waals surface area contributed by atoms with Gasteiger partial charge in [0, 0.05) is 55.5 Å². The van der Waals surface area contributed by atoms with Crippen molar-refractivity contribution in [1.29, 1.82) is 0 Å². The van der Waals surface area contributed by atoms with Crippen LogP contribution in [0.5, 0.6) is 0 Å². The van der Waals surface area contributed by atoms with E-state index in [0.717, 1.165) is 40.5 Å². The molecule has 7 rings (SSSR count). The highest BCUT2D eigenvalue weighted by atomic mass is 16.5. The zero-order valence-corrected chi connectivity index (χ0v) is 22.5. The number of rotatable bonds is 5.